The van der Waals surface area contributed by atoms with Crippen molar-refractivity contribution in [2.45, 2.75) is 43.9 Å². The number of fused-ring (bicyclic) bond motifs is 1. The molecule has 1 aromatic heterocycles. The fourth-order valence-electron chi connectivity index (χ4n) is 5.46. The number of hydrogen-bond donors (Lipinski definition) is 7. The highest BCUT2D eigenvalue weighted by atomic mass is 32.2. The van der Waals surface area contributed by atoms with Gasteiger partial charge in [-0.15, -0.1) is 0 Å². The molecule has 0 saturated carbocycles. The maximum Gasteiger partial charge on any atom is 0.323 e. The van der Waals surface area contributed by atoms with E-state index in [9.17, 15) is 23.1 Å². The van der Waals surface area contributed by atoms with Crippen molar-refractivity contribution < 1.29 is 23.1 Å². The van der Waals surface area contributed by atoms with Gasteiger partial charge in [0.15, 0.2) is 0 Å². The summed E-state index contributed by atoms with van der Waals surface area (Å²) < 4.78 is 29.1. The first-order valence-electron chi connectivity index (χ1n) is 14.7. The van der Waals surface area contributed by atoms with Crippen LogP contribution in [0.25, 0.3) is 22.0 Å². The summed E-state index contributed by atoms with van der Waals surface area (Å²) in [6.07, 6.45) is 5.44. The Hall–Kier alpha value is -4.56. The molecule has 5 rings (SSSR count). The fourth-order valence-corrected chi connectivity index (χ4v) is 7.10. The Morgan fingerprint density at radius 2 is 1.80 bits per heavy atom. The van der Waals surface area contributed by atoms with E-state index in [0.717, 1.165) is 41.7 Å². The molecule has 0 radical (unpaired) electrons. The number of carboxylic acids is 1. The van der Waals surface area contributed by atoms with Gasteiger partial charge in [0, 0.05) is 24.2 Å². The quantitative estimate of drug-likeness (QED) is 0.109. The maximum absolute atomic E-state index is 13.4. The molecule has 0 bridgehead atoms. The van der Waals surface area contributed by atoms with Crippen molar-refractivity contribution in [2.75, 3.05) is 19.6 Å². The first-order valence-corrected chi connectivity index (χ1v) is 16.2. The number of aromatic amines is 1. The molecule has 2 unspecified atom stereocenters. The predicted octanol–water partition coefficient (Wildman–Crippen LogP) is 2.52. The minimum absolute atomic E-state index is 0.00637. The summed E-state index contributed by atoms with van der Waals surface area (Å²) in [5, 5.41) is 30.4. The molecule has 0 saturated heterocycles. The summed E-state index contributed by atoms with van der Waals surface area (Å²) in [6, 6.07) is 16.7. The highest BCUT2D eigenvalue weighted by Crippen LogP contribution is 2.28. The summed E-state index contributed by atoms with van der Waals surface area (Å²) in [4.78, 5) is 25.3. The van der Waals surface area contributed by atoms with Gasteiger partial charge in [0.05, 0.1) is 10.5 Å². The van der Waals surface area contributed by atoms with Gasteiger partial charge in [-0.25, -0.2) is 8.42 Å². The second-order valence-electron chi connectivity index (χ2n) is 10.9. The summed E-state index contributed by atoms with van der Waals surface area (Å²) in [6.45, 7) is 4.42. The number of carbonyl (C=O) groups is 2. The van der Waals surface area contributed by atoms with Crippen molar-refractivity contribution in [3.63, 3.8) is 0 Å². The average Bonchev–Trinajstić information content (AvgIpc) is 3.44. The third kappa shape index (κ3) is 7.57. The Labute approximate surface area is 261 Å². The minimum Gasteiger partial charge on any atom is -0.480 e. The second kappa shape index (κ2) is 14.0. The van der Waals surface area contributed by atoms with Crippen molar-refractivity contribution in [2.24, 2.45) is 0 Å². The molecule has 1 amide bonds. The number of benzene rings is 3. The average molecular weight is 632 g/mol. The zero-order valence-corrected chi connectivity index (χ0v) is 25.9. The summed E-state index contributed by atoms with van der Waals surface area (Å²) in [5.74, 6) is -1.98. The van der Waals surface area contributed by atoms with Crippen molar-refractivity contribution in [1.82, 2.24) is 36.2 Å². The number of amides is 1. The van der Waals surface area contributed by atoms with E-state index >= 15 is 0 Å². The Morgan fingerprint density at radius 3 is 2.49 bits per heavy atom. The van der Waals surface area contributed by atoms with Gasteiger partial charge < -0.3 is 15.7 Å². The van der Waals surface area contributed by atoms with Crippen LogP contribution in [0, 0.1) is 13.8 Å². The zero-order chi connectivity index (χ0) is 32.0. The number of H-pyrrole nitrogens is 1. The molecule has 45 heavy (non-hydrogen) atoms. The van der Waals surface area contributed by atoms with Gasteiger partial charge >= 0.3 is 5.97 Å². The molecule has 0 spiro atoms. The Balaban J connectivity index is 1.23. The van der Waals surface area contributed by atoms with Crippen molar-refractivity contribution in [3.8, 4) is 11.1 Å². The Morgan fingerprint density at radius 1 is 1.04 bits per heavy atom. The van der Waals surface area contributed by atoms with Crippen LogP contribution in [0.2, 0.25) is 0 Å². The number of aromatic nitrogens is 2. The smallest absolute Gasteiger partial charge is 0.323 e. The highest BCUT2D eigenvalue weighted by Gasteiger charge is 2.29. The monoisotopic (exact) mass is 631 g/mol. The summed E-state index contributed by atoms with van der Waals surface area (Å²) in [5.41, 5.74) is 4.33. The van der Waals surface area contributed by atoms with Crippen LogP contribution < -0.4 is 26.0 Å². The second-order valence-corrected chi connectivity index (χ2v) is 12.6. The Bertz CT molecular complexity index is 1800. The van der Waals surface area contributed by atoms with Crippen LogP contribution in [-0.2, 0) is 21.2 Å². The number of para-hydroxylation sites is 1. The van der Waals surface area contributed by atoms with Crippen LogP contribution in [-0.4, -0.2) is 67.6 Å². The third-order valence-corrected chi connectivity index (χ3v) is 9.36. The van der Waals surface area contributed by atoms with E-state index in [1.807, 2.05) is 48.7 Å². The molecule has 0 fully saturated rings. The standard InChI is InChI=1S/C32H37N7O5S/c1-20-17-23(22-9-4-3-5-10-22)18-21(2)29(20)45(43,44)39-27(31(41)42)19-36-30(40)25-12-6-11-24-26(37-38-28(24)25)13-7-14-33-32-34-15-8-16-35-32/h3-6,8-12,15,17-18,27,32-35,39H,7,13-14,16,19H2,1-2H3,(H,36,40)(H,37,38)(H,41,42). The van der Waals surface area contributed by atoms with Crippen LogP contribution >= 0.6 is 0 Å². The summed E-state index contributed by atoms with van der Waals surface area (Å²) >= 11 is 0. The largest absolute Gasteiger partial charge is 0.480 e. The highest BCUT2D eigenvalue weighted by molar-refractivity contribution is 7.89. The van der Waals surface area contributed by atoms with E-state index < -0.39 is 34.5 Å². The number of aliphatic carboxylic acids is 1. The molecule has 1 aliphatic heterocycles. The zero-order valence-electron chi connectivity index (χ0n) is 25.1. The molecule has 2 heterocycles. The van der Waals surface area contributed by atoms with E-state index in [-0.39, 0.29) is 16.7 Å². The van der Waals surface area contributed by atoms with Gasteiger partial charge in [-0.3, -0.25) is 25.3 Å². The van der Waals surface area contributed by atoms with Gasteiger partial charge in [-0.05, 0) is 67.8 Å². The number of nitrogens with zero attached hydrogens (tertiary/aromatic N) is 1. The van der Waals surface area contributed by atoms with Crippen LogP contribution in [0.5, 0.6) is 0 Å². The lowest BCUT2D eigenvalue weighted by molar-refractivity contribution is -0.138. The first kappa shape index (κ1) is 31.9. The third-order valence-electron chi connectivity index (χ3n) is 7.58. The predicted molar refractivity (Wildman–Crippen MR) is 172 cm³/mol. The molecule has 4 aromatic rings. The molecular weight excluding hydrogens is 594 g/mol. The van der Waals surface area contributed by atoms with Crippen molar-refractivity contribution in [3.05, 3.63) is 95.3 Å². The van der Waals surface area contributed by atoms with E-state index in [1.54, 1.807) is 38.1 Å². The molecule has 3 aromatic carbocycles. The van der Waals surface area contributed by atoms with Crippen LogP contribution in [0.3, 0.4) is 0 Å². The lowest BCUT2D eigenvalue weighted by Crippen LogP contribution is -2.53. The molecule has 236 valence electrons. The van der Waals surface area contributed by atoms with E-state index in [2.05, 4.69) is 36.2 Å². The molecule has 0 aliphatic carbocycles. The van der Waals surface area contributed by atoms with E-state index in [4.69, 9.17) is 0 Å². The number of aryl methyl sites for hydroxylation is 3. The molecule has 13 heteroatoms. The first-order chi connectivity index (χ1) is 21.6. The fraction of sp³-hybridized carbons (Fsp3) is 0.281. The molecule has 12 nitrogen and oxygen atoms in total. The summed E-state index contributed by atoms with van der Waals surface area (Å²) in [7, 11) is -4.24. The topological polar surface area (TPSA) is 177 Å². The van der Waals surface area contributed by atoms with Crippen molar-refractivity contribution >= 4 is 32.8 Å². The van der Waals surface area contributed by atoms with E-state index in [1.165, 1.54) is 0 Å². The van der Waals surface area contributed by atoms with Crippen molar-refractivity contribution in [1.29, 1.82) is 0 Å². The SMILES string of the molecule is Cc1cc(-c2ccccc2)cc(C)c1S(=O)(=O)NC(CNC(=O)c1cccc2c(CCCNC3NC=CCN3)[nH]nc12)C(=O)O. The number of carboxylic acid groups (broad SMARTS) is 1. The van der Waals surface area contributed by atoms with Crippen LogP contribution in [0.1, 0.15) is 33.6 Å². The molecular formula is C32H37N7O5S. The van der Waals surface area contributed by atoms with Gasteiger partial charge in [0.25, 0.3) is 5.91 Å². The molecule has 2 atom stereocenters. The van der Waals surface area contributed by atoms with Crippen LogP contribution in [0.15, 0.2) is 77.8 Å². The van der Waals surface area contributed by atoms with E-state index in [0.29, 0.717) is 23.1 Å². The van der Waals surface area contributed by atoms with Crippen LogP contribution in [0.4, 0.5) is 0 Å². The number of rotatable bonds is 13. The maximum atomic E-state index is 13.4. The number of carbonyl (C=O) groups excluding carboxylic acids is 1. The minimum atomic E-state index is -4.24. The van der Waals surface area contributed by atoms with Gasteiger partial charge in [0.1, 0.15) is 17.8 Å². The number of hydrogen-bond acceptors (Lipinski definition) is 8. The number of sulfonamides is 1. The normalized spacial score (nSPS) is 15.5. The van der Waals surface area contributed by atoms with Gasteiger partial charge in [-0.2, -0.15) is 9.82 Å². The number of nitrogens with one attached hydrogen (secondary N) is 6. The molecule has 7 N–H and O–H groups in total. The van der Waals surface area contributed by atoms with Gasteiger partial charge in [-0.1, -0.05) is 60.7 Å². The molecule has 1 aliphatic rings. The Kier molecular flexibility index (Phi) is 9.93. The lowest BCUT2D eigenvalue weighted by atomic mass is 10.0. The van der Waals surface area contributed by atoms with Gasteiger partial charge in [0.2, 0.25) is 10.0 Å². The lowest BCUT2D eigenvalue weighted by Gasteiger charge is -2.22.